The summed E-state index contributed by atoms with van der Waals surface area (Å²) >= 11 is 1.62. The van der Waals surface area contributed by atoms with Gasteiger partial charge in [0, 0.05) is 48.4 Å². The number of hydrogen-bond donors (Lipinski definition) is 3. The van der Waals surface area contributed by atoms with Crippen molar-refractivity contribution < 1.29 is 4.79 Å². The number of hydrogen-bond acceptors (Lipinski definition) is 5. The van der Waals surface area contributed by atoms with Crippen LogP contribution < -0.4 is 16.0 Å². The Kier molecular flexibility index (Phi) is 4.67. The molecule has 2 aliphatic rings. The molecule has 0 spiro atoms. The zero-order valence-electron chi connectivity index (χ0n) is 14.1. The minimum absolute atomic E-state index is 0.0215. The summed E-state index contributed by atoms with van der Waals surface area (Å²) in [4.78, 5) is 23.1. The van der Waals surface area contributed by atoms with E-state index in [0.717, 1.165) is 59.6 Å². The van der Waals surface area contributed by atoms with Gasteiger partial charge in [0.1, 0.15) is 5.65 Å². The van der Waals surface area contributed by atoms with E-state index in [1.54, 1.807) is 18.0 Å². The van der Waals surface area contributed by atoms with Crippen LogP contribution in [-0.2, 0) is 4.79 Å². The Hall–Kier alpha value is -1.99. The Balaban J connectivity index is 1.52. The lowest BCUT2D eigenvalue weighted by molar-refractivity contribution is -0.117. The van der Waals surface area contributed by atoms with Crippen LogP contribution >= 0.6 is 11.8 Å². The zero-order valence-corrected chi connectivity index (χ0v) is 14.9. The van der Waals surface area contributed by atoms with Gasteiger partial charge < -0.3 is 20.9 Å². The number of carbonyl (C=O) groups is 1. The minimum atomic E-state index is 0.0215. The first-order chi connectivity index (χ1) is 12.2. The van der Waals surface area contributed by atoms with Crippen LogP contribution in [0.4, 0.5) is 5.69 Å². The summed E-state index contributed by atoms with van der Waals surface area (Å²) in [6.45, 7) is 0.875. The maximum absolute atomic E-state index is 12.7. The minimum Gasteiger partial charge on any atom is -0.349 e. The molecule has 132 valence electrons. The number of nitrogens with two attached hydrogens (primary N) is 1. The number of H-pyrrole nitrogens is 1. The number of anilines is 1. The molecule has 2 aromatic heterocycles. The highest BCUT2D eigenvalue weighted by molar-refractivity contribution is 8.04. The van der Waals surface area contributed by atoms with E-state index >= 15 is 0 Å². The Labute approximate surface area is 151 Å². The molecule has 3 heterocycles. The highest BCUT2D eigenvalue weighted by atomic mass is 32.2. The first kappa shape index (κ1) is 16.5. The van der Waals surface area contributed by atoms with Gasteiger partial charge in [0.05, 0.1) is 10.6 Å². The number of aromatic nitrogens is 2. The lowest BCUT2D eigenvalue weighted by Gasteiger charge is -2.30. The van der Waals surface area contributed by atoms with Crippen LogP contribution in [0, 0.1) is 0 Å². The van der Waals surface area contributed by atoms with Gasteiger partial charge in [-0.05, 0) is 37.8 Å². The quantitative estimate of drug-likeness (QED) is 0.785. The number of nitrogens with one attached hydrogen (secondary N) is 2. The van der Waals surface area contributed by atoms with Gasteiger partial charge >= 0.3 is 0 Å². The lowest BCUT2D eigenvalue weighted by atomic mass is 9.91. The number of nitrogens with zero attached hydrogens (tertiary/aromatic N) is 2. The van der Waals surface area contributed by atoms with Crippen molar-refractivity contribution in [2.75, 3.05) is 17.2 Å². The van der Waals surface area contributed by atoms with Gasteiger partial charge in [0.15, 0.2) is 0 Å². The largest absolute Gasteiger partial charge is 0.349 e. The Morgan fingerprint density at radius 3 is 3.20 bits per heavy atom. The van der Waals surface area contributed by atoms with Crippen molar-refractivity contribution >= 4 is 34.4 Å². The molecule has 2 unspecified atom stereocenters. The van der Waals surface area contributed by atoms with Crippen molar-refractivity contribution in [3.8, 4) is 0 Å². The van der Waals surface area contributed by atoms with Crippen molar-refractivity contribution in [3.63, 3.8) is 0 Å². The molecule has 0 radical (unpaired) electrons. The fourth-order valence-electron chi connectivity index (χ4n) is 3.62. The molecule has 0 saturated heterocycles. The second kappa shape index (κ2) is 7.09. The van der Waals surface area contributed by atoms with E-state index < -0.39 is 0 Å². The average Bonchev–Trinajstić information content (AvgIpc) is 3.10. The standard InChI is InChI=1S/C18H23N5OS/c19-12-2-1-3-13(10-12)22-18(24)16-11-23(8-9-25-16)15-5-7-21-17-14(15)4-6-20-17/h4-7,11-13H,1-3,8-10,19H2,(H,20,21)(H,22,24). The summed E-state index contributed by atoms with van der Waals surface area (Å²) < 4.78 is 0. The van der Waals surface area contributed by atoms with Crippen LogP contribution in [0.25, 0.3) is 11.0 Å². The van der Waals surface area contributed by atoms with Crippen molar-refractivity contribution in [3.05, 3.63) is 35.6 Å². The normalized spacial score (nSPS) is 24.2. The van der Waals surface area contributed by atoms with E-state index in [-0.39, 0.29) is 18.0 Å². The Morgan fingerprint density at radius 1 is 1.40 bits per heavy atom. The molecule has 1 aliphatic heterocycles. The summed E-state index contributed by atoms with van der Waals surface area (Å²) in [5, 5.41) is 4.24. The monoisotopic (exact) mass is 357 g/mol. The molecule has 6 nitrogen and oxygen atoms in total. The SMILES string of the molecule is NC1CCCC(NC(=O)C2=CN(c3ccnc4[nH]ccc34)CCS2)C1. The number of carbonyl (C=O) groups excluding carboxylic acids is 1. The predicted molar refractivity (Wildman–Crippen MR) is 102 cm³/mol. The third kappa shape index (κ3) is 3.52. The van der Waals surface area contributed by atoms with Crippen LogP contribution in [0.1, 0.15) is 25.7 Å². The maximum Gasteiger partial charge on any atom is 0.259 e. The van der Waals surface area contributed by atoms with Crippen molar-refractivity contribution in [1.82, 2.24) is 15.3 Å². The topological polar surface area (TPSA) is 87.0 Å². The lowest BCUT2D eigenvalue weighted by Crippen LogP contribution is -2.43. The van der Waals surface area contributed by atoms with Gasteiger partial charge in [-0.1, -0.05) is 0 Å². The molecule has 4 N–H and O–H groups in total. The summed E-state index contributed by atoms with van der Waals surface area (Å²) in [6, 6.07) is 4.43. The molecule has 7 heteroatoms. The Bertz CT molecular complexity index is 802. The second-order valence-electron chi connectivity index (χ2n) is 6.70. The van der Waals surface area contributed by atoms with Gasteiger partial charge in [-0.2, -0.15) is 0 Å². The maximum atomic E-state index is 12.7. The van der Waals surface area contributed by atoms with Gasteiger partial charge in [-0.25, -0.2) is 4.98 Å². The molecule has 0 bridgehead atoms. The number of fused-ring (bicyclic) bond motifs is 1. The van der Waals surface area contributed by atoms with E-state index in [4.69, 9.17) is 5.73 Å². The molecule has 25 heavy (non-hydrogen) atoms. The fourth-order valence-corrected chi connectivity index (χ4v) is 4.52. The van der Waals surface area contributed by atoms with Gasteiger partial charge in [-0.15, -0.1) is 11.8 Å². The van der Waals surface area contributed by atoms with Gasteiger partial charge in [0.25, 0.3) is 5.91 Å². The summed E-state index contributed by atoms with van der Waals surface area (Å²) in [5.41, 5.74) is 7.98. The van der Waals surface area contributed by atoms with Gasteiger partial charge in [-0.3, -0.25) is 4.79 Å². The first-order valence-corrected chi connectivity index (χ1v) is 9.79. The number of rotatable bonds is 3. The fraction of sp³-hybridized carbons (Fsp3) is 0.444. The van der Waals surface area contributed by atoms with E-state index in [9.17, 15) is 4.79 Å². The highest BCUT2D eigenvalue weighted by Crippen LogP contribution is 2.30. The zero-order chi connectivity index (χ0) is 17.2. The van der Waals surface area contributed by atoms with Gasteiger partial charge in [0.2, 0.25) is 0 Å². The van der Waals surface area contributed by atoms with Crippen molar-refractivity contribution in [2.45, 2.75) is 37.8 Å². The summed E-state index contributed by atoms with van der Waals surface area (Å²) in [6.07, 6.45) is 9.71. The van der Waals surface area contributed by atoms with Crippen molar-refractivity contribution in [2.24, 2.45) is 5.73 Å². The van der Waals surface area contributed by atoms with Crippen LogP contribution in [0.2, 0.25) is 0 Å². The number of aromatic amines is 1. The van der Waals surface area contributed by atoms with E-state index in [0.29, 0.717) is 0 Å². The van der Waals surface area contributed by atoms with E-state index in [1.165, 1.54) is 0 Å². The molecular formula is C18H23N5OS. The third-order valence-corrected chi connectivity index (χ3v) is 5.87. The van der Waals surface area contributed by atoms with Crippen LogP contribution in [0.3, 0.4) is 0 Å². The van der Waals surface area contributed by atoms with Crippen molar-refractivity contribution in [1.29, 1.82) is 0 Å². The van der Waals surface area contributed by atoms with Crippen LogP contribution in [0.15, 0.2) is 35.6 Å². The Morgan fingerprint density at radius 2 is 2.32 bits per heavy atom. The summed E-state index contributed by atoms with van der Waals surface area (Å²) in [5.74, 6) is 0.908. The molecular weight excluding hydrogens is 334 g/mol. The molecule has 1 aliphatic carbocycles. The predicted octanol–water partition coefficient (Wildman–Crippen LogP) is 2.34. The smallest absolute Gasteiger partial charge is 0.259 e. The number of thioether (sulfide) groups is 1. The molecule has 1 amide bonds. The molecule has 1 fully saturated rings. The molecule has 2 aromatic rings. The second-order valence-corrected chi connectivity index (χ2v) is 7.84. The molecule has 4 rings (SSSR count). The molecule has 2 atom stereocenters. The third-order valence-electron chi connectivity index (χ3n) is 4.88. The number of pyridine rings is 1. The van der Waals surface area contributed by atoms with E-state index in [1.807, 2.05) is 24.5 Å². The first-order valence-electron chi connectivity index (χ1n) is 8.80. The van der Waals surface area contributed by atoms with E-state index in [2.05, 4.69) is 20.2 Å². The average molecular weight is 357 g/mol. The van der Waals surface area contributed by atoms with Crippen LogP contribution in [-0.4, -0.2) is 40.3 Å². The highest BCUT2D eigenvalue weighted by Gasteiger charge is 2.24. The van der Waals surface area contributed by atoms with Crippen LogP contribution in [0.5, 0.6) is 0 Å². The summed E-state index contributed by atoms with van der Waals surface area (Å²) in [7, 11) is 0. The molecule has 1 saturated carbocycles. The molecule has 0 aromatic carbocycles. The number of amides is 1.